The number of piperazine rings is 1. The van der Waals surface area contributed by atoms with Gasteiger partial charge in [0.15, 0.2) is 5.97 Å². The van der Waals surface area contributed by atoms with Crippen molar-refractivity contribution in [2.75, 3.05) is 59.5 Å². The van der Waals surface area contributed by atoms with Crippen molar-refractivity contribution >= 4 is 11.9 Å². The number of rotatable bonds is 6. The summed E-state index contributed by atoms with van der Waals surface area (Å²) in [6.07, 6.45) is 2.61. The molecule has 3 rings (SSSR count). The van der Waals surface area contributed by atoms with Crippen molar-refractivity contribution in [3.63, 3.8) is 0 Å². The Morgan fingerprint density at radius 2 is 1.80 bits per heavy atom. The number of aliphatic hydroxyl groups is 1. The molecule has 2 heterocycles. The number of benzene rings is 1. The molecule has 0 aliphatic carbocycles. The van der Waals surface area contributed by atoms with Crippen LogP contribution in [0, 0.1) is 0 Å². The minimum atomic E-state index is -2.07. The highest BCUT2D eigenvalue weighted by Crippen LogP contribution is 2.17. The lowest BCUT2D eigenvalue weighted by molar-refractivity contribution is -0.930. The summed E-state index contributed by atoms with van der Waals surface area (Å²) in [5.41, 5.74) is 1.35. The number of aliphatic hydroxyl groups excluding tert-OH is 1. The summed E-state index contributed by atoms with van der Waals surface area (Å²) in [6, 6.07) is 9.26. The quantitative estimate of drug-likeness (QED) is 0.437. The van der Waals surface area contributed by atoms with Crippen molar-refractivity contribution in [2.45, 2.75) is 25.4 Å². The second-order valence-corrected chi connectivity index (χ2v) is 7.72. The maximum absolute atomic E-state index is 9.05. The molecule has 1 aromatic rings. The van der Waals surface area contributed by atoms with Gasteiger partial charge in [0.25, 0.3) is 0 Å². The molecule has 0 saturated carbocycles. The third-order valence-corrected chi connectivity index (χ3v) is 5.79. The first-order chi connectivity index (χ1) is 14.4. The number of aliphatic carboxylic acids is 2. The smallest absolute Gasteiger partial charge is 0.351 e. The molecule has 2 aliphatic heterocycles. The van der Waals surface area contributed by atoms with E-state index in [1.165, 1.54) is 44.6 Å². The summed E-state index contributed by atoms with van der Waals surface area (Å²) in [6.45, 7) is 9.31. The van der Waals surface area contributed by atoms with Crippen LogP contribution >= 0.6 is 0 Å². The van der Waals surface area contributed by atoms with E-state index in [0.717, 1.165) is 38.0 Å². The number of methoxy groups -OCH3 is 1. The molecule has 0 atom stereocenters. The summed E-state index contributed by atoms with van der Waals surface area (Å²) in [5.74, 6) is -3.06. The highest BCUT2D eigenvalue weighted by atomic mass is 16.5. The average Bonchev–Trinajstić information content (AvgIpc) is 2.76. The van der Waals surface area contributed by atoms with Crippen LogP contribution < -0.4 is 14.7 Å². The predicted molar refractivity (Wildman–Crippen MR) is 108 cm³/mol. The number of likely N-dealkylation sites (tertiary alicyclic amines) is 1. The normalized spacial score (nSPS) is 19.0. The molecule has 0 unspecified atom stereocenters. The van der Waals surface area contributed by atoms with Crippen LogP contribution in [0.1, 0.15) is 18.4 Å². The SMILES string of the molecule is COc1cccc(CN2CCC([NH+]3CCN(CCO)CC3)CC2)c1.O=C([O-])C(=O)O. The predicted octanol–water partition coefficient (Wildman–Crippen LogP) is -2.33. The van der Waals surface area contributed by atoms with Crippen molar-refractivity contribution in [1.29, 1.82) is 0 Å². The molecule has 0 bridgehead atoms. The van der Waals surface area contributed by atoms with Crippen LogP contribution in [0.3, 0.4) is 0 Å². The second kappa shape index (κ2) is 12.5. The van der Waals surface area contributed by atoms with Gasteiger partial charge in [0.05, 0.1) is 32.8 Å². The van der Waals surface area contributed by atoms with E-state index in [2.05, 4.69) is 28.0 Å². The van der Waals surface area contributed by atoms with Crippen LogP contribution in [0.5, 0.6) is 5.75 Å². The molecular formula is C21H33N3O6. The van der Waals surface area contributed by atoms with Gasteiger partial charge in [-0.1, -0.05) is 12.1 Å². The number of carbonyl (C=O) groups is 2. The number of β-amino-alcohol motifs (C(OH)–C–C–N with tert-alkyl or cyclic N) is 1. The molecule has 0 radical (unpaired) electrons. The zero-order valence-corrected chi connectivity index (χ0v) is 17.6. The number of carbonyl (C=O) groups excluding carboxylic acids is 1. The number of nitrogens with zero attached hydrogens (tertiary/aromatic N) is 2. The number of ether oxygens (including phenoxy) is 1. The highest BCUT2D eigenvalue weighted by molar-refractivity contribution is 6.26. The molecule has 0 aromatic heterocycles. The van der Waals surface area contributed by atoms with E-state index in [1.54, 1.807) is 12.0 Å². The lowest BCUT2D eigenvalue weighted by Gasteiger charge is -2.40. The first kappa shape index (κ1) is 24.1. The zero-order valence-electron chi connectivity index (χ0n) is 17.6. The van der Waals surface area contributed by atoms with Crippen LogP contribution in [-0.4, -0.2) is 97.5 Å². The van der Waals surface area contributed by atoms with Crippen molar-refractivity contribution in [3.05, 3.63) is 29.8 Å². The van der Waals surface area contributed by atoms with Gasteiger partial charge in [-0.05, 0) is 17.7 Å². The third kappa shape index (κ3) is 7.91. The van der Waals surface area contributed by atoms with Crippen LogP contribution in [0.15, 0.2) is 24.3 Å². The molecule has 1 aromatic carbocycles. The maximum Gasteiger partial charge on any atom is 0.351 e. The molecule has 30 heavy (non-hydrogen) atoms. The van der Waals surface area contributed by atoms with Gasteiger partial charge in [0, 0.05) is 52.1 Å². The summed E-state index contributed by atoms with van der Waals surface area (Å²) in [7, 11) is 1.73. The number of carboxylic acid groups (broad SMARTS) is 2. The standard InChI is InChI=1S/C19H31N3O2.C2H2O4/c1-24-19-4-2-3-17(15-19)16-21-7-5-18(6-8-21)22-11-9-20(10-12-22)13-14-23;3-1(4)2(5)6/h2-4,15,18,23H,5-14,16H2,1H3;(H,3,4)(H,5,6). The molecule has 2 fully saturated rings. The van der Waals surface area contributed by atoms with Crippen molar-refractivity contribution in [1.82, 2.24) is 9.80 Å². The van der Waals surface area contributed by atoms with E-state index < -0.39 is 11.9 Å². The minimum Gasteiger partial charge on any atom is -0.539 e. The molecule has 9 nitrogen and oxygen atoms in total. The first-order valence-corrected chi connectivity index (χ1v) is 10.4. The Morgan fingerprint density at radius 1 is 1.17 bits per heavy atom. The minimum absolute atomic E-state index is 0.290. The molecule has 2 aliphatic rings. The number of quaternary nitrogens is 1. The van der Waals surface area contributed by atoms with E-state index in [9.17, 15) is 0 Å². The van der Waals surface area contributed by atoms with Crippen molar-refractivity contribution in [3.8, 4) is 5.75 Å². The van der Waals surface area contributed by atoms with E-state index in [1.807, 2.05) is 6.07 Å². The summed E-state index contributed by atoms with van der Waals surface area (Å²) in [4.78, 5) is 24.8. The number of carboxylic acids is 2. The number of nitrogens with one attached hydrogen (secondary N) is 1. The van der Waals surface area contributed by atoms with E-state index in [-0.39, 0.29) is 6.61 Å². The summed E-state index contributed by atoms with van der Waals surface area (Å²) < 4.78 is 5.32. The van der Waals surface area contributed by atoms with Crippen LogP contribution in [0.25, 0.3) is 0 Å². The fourth-order valence-corrected chi connectivity index (χ4v) is 4.14. The molecule has 3 N–H and O–H groups in total. The highest BCUT2D eigenvalue weighted by Gasteiger charge is 2.30. The Balaban J connectivity index is 0.000000469. The second-order valence-electron chi connectivity index (χ2n) is 7.72. The van der Waals surface area contributed by atoms with Gasteiger partial charge >= 0.3 is 5.97 Å². The molecule has 168 valence electrons. The zero-order chi connectivity index (χ0) is 21.9. The van der Waals surface area contributed by atoms with Gasteiger partial charge in [-0.15, -0.1) is 0 Å². The van der Waals surface area contributed by atoms with Crippen LogP contribution in [-0.2, 0) is 16.1 Å². The lowest BCUT2D eigenvalue weighted by Crippen LogP contribution is -3.18. The maximum atomic E-state index is 9.05. The Hall–Kier alpha value is -2.20. The summed E-state index contributed by atoms with van der Waals surface area (Å²) in [5, 5.41) is 25.4. The Kier molecular flexibility index (Phi) is 10.0. The Bertz CT molecular complexity index is 658. The largest absolute Gasteiger partial charge is 0.539 e. The monoisotopic (exact) mass is 423 g/mol. The Labute approximate surface area is 177 Å². The lowest BCUT2D eigenvalue weighted by atomic mass is 10.0. The number of hydrogen-bond acceptors (Lipinski definition) is 7. The fourth-order valence-electron chi connectivity index (χ4n) is 4.14. The van der Waals surface area contributed by atoms with Gasteiger partial charge in [-0.3, -0.25) is 9.80 Å². The van der Waals surface area contributed by atoms with Gasteiger partial charge in [-0.25, -0.2) is 4.79 Å². The van der Waals surface area contributed by atoms with Crippen molar-refractivity contribution < 1.29 is 34.5 Å². The van der Waals surface area contributed by atoms with Crippen molar-refractivity contribution in [2.24, 2.45) is 0 Å². The topological polar surface area (TPSA) is 118 Å². The molecule has 0 amide bonds. The number of piperidine rings is 1. The van der Waals surface area contributed by atoms with Gasteiger partial charge in [0.1, 0.15) is 5.75 Å². The van der Waals surface area contributed by atoms with Gasteiger partial charge < -0.3 is 29.8 Å². The molecule has 9 heteroatoms. The first-order valence-electron chi connectivity index (χ1n) is 10.4. The van der Waals surface area contributed by atoms with E-state index in [4.69, 9.17) is 29.6 Å². The molecular weight excluding hydrogens is 390 g/mol. The summed E-state index contributed by atoms with van der Waals surface area (Å²) >= 11 is 0. The molecule has 0 spiro atoms. The third-order valence-electron chi connectivity index (χ3n) is 5.79. The van der Waals surface area contributed by atoms with Gasteiger partial charge in [0.2, 0.25) is 0 Å². The fraction of sp³-hybridized carbons (Fsp3) is 0.619. The number of hydrogen-bond donors (Lipinski definition) is 3. The van der Waals surface area contributed by atoms with E-state index >= 15 is 0 Å². The van der Waals surface area contributed by atoms with Crippen LogP contribution in [0.2, 0.25) is 0 Å². The van der Waals surface area contributed by atoms with Crippen LogP contribution in [0.4, 0.5) is 0 Å². The van der Waals surface area contributed by atoms with Gasteiger partial charge in [-0.2, -0.15) is 0 Å². The average molecular weight is 424 g/mol. The molecule has 2 saturated heterocycles. The van der Waals surface area contributed by atoms with E-state index in [0.29, 0.717) is 0 Å². The Morgan fingerprint density at radius 3 is 2.33 bits per heavy atom.